The Morgan fingerprint density at radius 2 is 1.79 bits per heavy atom. The molecule has 2 N–H and O–H groups in total. The number of alkyl halides is 3. The van der Waals surface area contributed by atoms with Crippen molar-refractivity contribution in [1.29, 1.82) is 0 Å². The van der Waals surface area contributed by atoms with Crippen LogP contribution in [0.5, 0.6) is 11.5 Å². The van der Waals surface area contributed by atoms with E-state index in [1.165, 1.54) is 24.3 Å². The molecule has 0 aromatic heterocycles. The fourth-order valence-corrected chi connectivity index (χ4v) is 5.29. The van der Waals surface area contributed by atoms with E-state index in [0.717, 1.165) is 18.2 Å². The maximum Gasteiger partial charge on any atom is 0.416 e. The highest BCUT2D eigenvalue weighted by molar-refractivity contribution is 9.10. The number of anilines is 1. The Morgan fingerprint density at radius 3 is 2.44 bits per heavy atom. The van der Waals surface area contributed by atoms with Crippen molar-refractivity contribution in [2.24, 2.45) is 0 Å². The van der Waals surface area contributed by atoms with Gasteiger partial charge in [0, 0.05) is 5.69 Å². The molecule has 0 aliphatic carbocycles. The second kappa shape index (κ2) is 13.3. The van der Waals surface area contributed by atoms with E-state index < -0.39 is 41.3 Å². The number of halogens is 4. The highest BCUT2D eigenvalue weighted by Gasteiger charge is 2.36. The van der Waals surface area contributed by atoms with Crippen molar-refractivity contribution < 1.29 is 46.9 Å². The summed E-state index contributed by atoms with van der Waals surface area (Å²) in [6.45, 7) is 1.48. The molecule has 3 aromatic rings. The predicted molar refractivity (Wildman–Crippen MR) is 156 cm³/mol. The van der Waals surface area contributed by atoms with Crippen LogP contribution in [0.3, 0.4) is 0 Å². The third-order valence-electron chi connectivity index (χ3n) is 5.86. The highest BCUT2D eigenvalue weighted by Crippen LogP contribution is 2.40. The second-order valence-electron chi connectivity index (χ2n) is 8.95. The minimum atomic E-state index is -4.60. The van der Waals surface area contributed by atoms with Crippen LogP contribution in [0, 0.1) is 0 Å². The number of benzene rings is 3. The third-order valence-corrected chi connectivity index (χ3v) is 7.36. The monoisotopic (exact) mass is 678 g/mol. The molecular weight excluding hydrogens is 657 g/mol. The van der Waals surface area contributed by atoms with Crippen molar-refractivity contribution in [3.8, 4) is 11.5 Å². The first-order chi connectivity index (χ1) is 20.3. The standard InChI is InChI=1S/C29H22BrF3N2O7S/c1-2-41-22-11-17(10-21(30)25(22)42-15-16-6-8-18(9-7-16)27(38)39)12-23-26(37)35(28(40)43-23)14-24(36)34-20-5-3-4-19(13-20)29(31,32)33/h3-13H,2,14-15H2,1H3,(H,34,36)(H,38,39)/b23-12-. The van der Waals surface area contributed by atoms with E-state index in [1.54, 1.807) is 31.2 Å². The molecule has 1 aliphatic heterocycles. The summed E-state index contributed by atoms with van der Waals surface area (Å²) in [5.74, 6) is -1.93. The number of amides is 3. The minimum absolute atomic E-state index is 0.0263. The van der Waals surface area contributed by atoms with Crippen LogP contribution >= 0.6 is 27.7 Å². The lowest BCUT2D eigenvalue weighted by Crippen LogP contribution is -2.36. The van der Waals surface area contributed by atoms with Crippen LogP contribution in [-0.4, -0.2) is 46.2 Å². The first kappa shape index (κ1) is 31.6. The molecule has 1 fully saturated rings. The number of hydrogen-bond acceptors (Lipinski definition) is 7. The zero-order valence-corrected chi connectivity index (χ0v) is 24.6. The molecule has 3 aromatic carbocycles. The summed E-state index contributed by atoms with van der Waals surface area (Å²) in [7, 11) is 0. The smallest absolute Gasteiger partial charge is 0.416 e. The number of imide groups is 1. The van der Waals surface area contributed by atoms with Gasteiger partial charge in [0.1, 0.15) is 13.2 Å². The zero-order valence-electron chi connectivity index (χ0n) is 22.2. The number of hydrogen-bond donors (Lipinski definition) is 2. The van der Waals surface area contributed by atoms with Gasteiger partial charge in [-0.2, -0.15) is 13.2 Å². The molecule has 0 unspecified atom stereocenters. The van der Waals surface area contributed by atoms with Gasteiger partial charge in [0.05, 0.1) is 27.1 Å². The third kappa shape index (κ3) is 7.96. The van der Waals surface area contributed by atoms with E-state index in [9.17, 15) is 32.3 Å². The Morgan fingerprint density at radius 1 is 1.07 bits per heavy atom. The van der Waals surface area contributed by atoms with Gasteiger partial charge in [-0.05, 0) is 94.3 Å². The van der Waals surface area contributed by atoms with Crippen molar-refractivity contribution >= 4 is 62.5 Å². The molecule has 224 valence electrons. The summed E-state index contributed by atoms with van der Waals surface area (Å²) in [5, 5.41) is 10.6. The fourth-order valence-electron chi connectivity index (χ4n) is 3.88. The average Bonchev–Trinajstić information content (AvgIpc) is 3.19. The van der Waals surface area contributed by atoms with Crippen molar-refractivity contribution in [3.63, 3.8) is 0 Å². The fraction of sp³-hybridized carbons (Fsp3) is 0.172. The molecule has 43 heavy (non-hydrogen) atoms. The van der Waals surface area contributed by atoms with Crippen LogP contribution < -0.4 is 14.8 Å². The topological polar surface area (TPSA) is 122 Å². The summed E-state index contributed by atoms with van der Waals surface area (Å²) in [5.41, 5.74) is 0.254. The summed E-state index contributed by atoms with van der Waals surface area (Å²) in [6.07, 6.45) is -3.16. The van der Waals surface area contributed by atoms with Crippen LogP contribution in [-0.2, 0) is 22.4 Å². The molecule has 0 radical (unpaired) electrons. The Balaban J connectivity index is 1.47. The van der Waals surface area contributed by atoms with Crippen molar-refractivity contribution in [2.45, 2.75) is 19.7 Å². The Labute approximate surface area is 255 Å². The van der Waals surface area contributed by atoms with Crippen LogP contribution in [0.4, 0.5) is 23.7 Å². The number of carbonyl (C=O) groups is 4. The summed E-state index contributed by atoms with van der Waals surface area (Å²) in [6, 6.07) is 13.4. The molecule has 3 amide bonds. The lowest BCUT2D eigenvalue weighted by Gasteiger charge is -2.15. The van der Waals surface area contributed by atoms with Crippen LogP contribution in [0.15, 0.2) is 70.0 Å². The first-order valence-corrected chi connectivity index (χ1v) is 14.1. The second-order valence-corrected chi connectivity index (χ2v) is 10.8. The van der Waals surface area contributed by atoms with E-state index in [-0.39, 0.29) is 29.4 Å². The van der Waals surface area contributed by atoms with Gasteiger partial charge in [0.15, 0.2) is 11.5 Å². The number of thioether (sulfide) groups is 1. The van der Waals surface area contributed by atoms with Gasteiger partial charge in [0.2, 0.25) is 5.91 Å². The van der Waals surface area contributed by atoms with Gasteiger partial charge in [-0.1, -0.05) is 18.2 Å². The number of nitrogens with one attached hydrogen (secondary N) is 1. The van der Waals surface area contributed by atoms with Gasteiger partial charge in [-0.15, -0.1) is 0 Å². The molecule has 1 aliphatic rings. The molecule has 0 bridgehead atoms. The summed E-state index contributed by atoms with van der Waals surface area (Å²) < 4.78 is 51.0. The zero-order chi connectivity index (χ0) is 31.3. The largest absolute Gasteiger partial charge is 0.490 e. The number of ether oxygens (including phenoxy) is 2. The number of carbonyl (C=O) groups excluding carboxylic acids is 3. The lowest BCUT2D eigenvalue weighted by atomic mass is 10.1. The van der Waals surface area contributed by atoms with Crippen molar-refractivity contribution in [3.05, 3.63) is 92.3 Å². The Kier molecular flexibility index (Phi) is 9.81. The number of aromatic carboxylic acids is 1. The number of carboxylic acid groups (broad SMARTS) is 1. The lowest BCUT2D eigenvalue weighted by molar-refractivity contribution is -0.137. The van der Waals surface area contributed by atoms with Crippen molar-refractivity contribution in [1.82, 2.24) is 4.90 Å². The SMILES string of the molecule is CCOc1cc(/C=C2\SC(=O)N(CC(=O)Nc3cccc(C(F)(F)F)c3)C2=O)cc(Br)c1OCc1ccc(C(=O)O)cc1. The summed E-state index contributed by atoms with van der Waals surface area (Å²) >= 11 is 4.05. The molecule has 14 heteroatoms. The number of nitrogens with zero attached hydrogens (tertiary/aromatic N) is 1. The van der Waals surface area contributed by atoms with Gasteiger partial charge in [-0.25, -0.2) is 4.79 Å². The number of carboxylic acids is 1. The molecule has 4 rings (SSSR count). The van der Waals surface area contributed by atoms with Crippen LogP contribution in [0.2, 0.25) is 0 Å². The Hall–Kier alpha value is -4.30. The van der Waals surface area contributed by atoms with E-state index >= 15 is 0 Å². The molecule has 1 saturated heterocycles. The van der Waals surface area contributed by atoms with Gasteiger partial charge in [-0.3, -0.25) is 19.3 Å². The average molecular weight is 679 g/mol. The van der Waals surface area contributed by atoms with E-state index in [0.29, 0.717) is 43.8 Å². The molecular formula is C29H22BrF3N2O7S. The molecule has 0 atom stereocenters. The van der Waals surface area contributed by atoms with E-state index in [2.05, 4.69) is 21.2 Å². The quantitative estimate of drug-likeness (QED) is 0.224. The maximum atomic E-state index is 13.0. The molecule has 1 heterocycles. The van der Waals surface area contributed by atoms with Gasteiger partial charge in [0.25, 0.3) is 11.1 Å². The van der Waals surface area contributed by atoms with E-state index in [4.69, 9.17) is 14.6 Å². The predicted octanol–water partition coefficient (Wildman–Crippen LogP) is 6.82. The van der Waals surface area contributed by atoms with Gasteiger partial charge >= 0.3 is 12.1 Å². The molecule has 9 nitrogen and oxygen atoms in total. The van der Waals surface area contributed by atoms with Crippen LogP contribution in [0.1, 0.15) is 34.0 Å². The van der Waals surface area contributed by atoms with Crippen molar-refractivity contribution in [2.75, 3.05) is 18.5 Å². The van der Waals surface area contributed by atoms with E-state index in [1.807, 2.05) is 0 Å². The molecule has 0 spiro atoms. The maximum absolute atomic E-state index is 13.0. The normalized spacial score (nSPS) is 14.3. The Bertz CT molecular complexity index is 1610. The summed E-state index contributed by atoms with van der Waals surface area (Å²) in [4.78, 5) is 49.8. The minimum Gasteiger partial charge on any atom is -0.490 e. The first-order valence-electron chi connectivity index (χ1n) is 12.5. The number of rotatable bonds is 10. The van der Waals surface area contributed by atoms with Crippen LogP contribution in [0.25, 0.3) is 6.08 Å². The molecule has 0 saturated carbocycles. The highest BCUT2D eigenvalue weighted by atomic mass is 79.9. The van der Waals surface area contributed by atoms with Gasteiger partial charge < -0.3 is 19.9 Å².